The lowest BCUT2D eigenvalue weighted by molar-refractivity contribution is 0.628. The van der Waals surface area contributed by atoms with Gasteiger partial charge in [0.25, 0.3) is 0 Å². The van der Waals surface area contributed by atoms with Crippen LogP contribution >= 0.6 is 0 Å². The maximum absolute atomic E-state index is 12.9. The Labute approximate surface area is 109 Å². The highest BCUT2D eigenvalue weighted by Gasteiger charge is 2.03. The zero-order valence-corrected chi connectivity index (χ0v) is 10.4. The van der Waals surface area contributed by atoms with Gasteiger partial charge in [-0.25, -0.2) is 4.39 Å². The van der Waals surface area contributed by atoms with Crippen LogP contribution in [0.3, 0.4) is 0 Å². The predicted octanol–water partition coefficient (Wildman–Crippen LogP) is 3.64. The van der Waals surface area contributed by atoms with E-state index in [9.17, 15) is 9.18 Å². The van der Waals surface area contributed by atoms with Crippen molar-refractivity contribution in [3.05, 3.63) is 70.3 Å². The first-order chi connectivity index (χ1) is 9.13. The Hall–Kier alpha value is -2.42. The van der Waals surface area contributed by atoms with Crippen LogP contribution in [0.5, 0.6) is 0 Å². The van der Waals surface area contributed by atoms with Crippen LogP contribution in [0.25, 0.3) is 22.0 Å². The Morgan fingerprint density at radius 2 is 1.63 bits per heavy atom. The molecule has 94 valence electrons. The van der Waals surface area contributed by atoms with E-state index in [0.29, 0.717) is 0 Å². The molecule has 0 atom stereocenters. The summed E-state index contributed by atoms with van der Waals surface area (Å²) in [6, 6.07) is 13.8. The number of pyridine rings is 1. The van der Waals surface area contributed by atoms with Crippen molar-refractivity contribution in [2.45, 2.75) is 6.92 Å². The molecule has 0 fully saturated rings. The standard InChI is InChI=1S/C16H12FNO/c1-10-8-16(19)18-15-9-12(4-7-14(10)15)11-2-5-13(17)6-3-11/h2-9H,1H3,(H,18,19). The van der Waals surface area contributed by atoms with Crippen LogP contribution < -0.4 is 5.56 Å². The summed E-state index contributed by atoms with van der Waals surface area (Å²) >= 11 is 0. The lowest BCUT2D eigenvalue weighted by Crippen LogP contribution is -2.04. The van der Waals surface area contributed by atoms with E-state index in [2.05, 4.69) is 4.98 Å². The molecule has 0 aliphatic rings. The molecule has 2 nitrogen and oxygen atoms in total. The van der Waals surface area contributed by atoms with Crippen molar-refractivity contribution in [2.24, 2.45) is 0 Å². The molecule has 0 unspecified atom stereocenters. The van der Waals surface area contributed by atoms with Gasteiger partial charge in [-0.2, -0.15) is 0 Å². The van der Waals surface area contributed by atoms with E-state index in [1.807, 2.05) is 25.1 Å². The molecule has 1 N–H and O–H groups in total. The summed E-state index contributed by atoms with van der Waals surface area (Å²) in [4.78, 5) is 14.3. The van der Waals surface area contributed by atoms with E-state index in [0.717, 1.165) is 27.6 Å². The topological polar surface area (TPSA) is 32.9 Å². The fourth-order valence-electron chi connectivity index (χ4n) is 2.26. The zero-order valence-electron chi connectivity index (χ0n) is 10.4. The average molecular weight is 253 g/mol. The van der Waals surface area contributed by atoms with Gasteiger partial charge in [-0.05, 0) is 41.8 Å². The monoisotopic (exact) mass is 253 g/mol. The first-order valence-corrected chi connectivity index (χ1v) is 6.03. The third-order valence-electron chi connectivity index (χ3n) is 3.23. The van der Waals surface area contributed by atoms with Crippen LogP contribution in [0.1, 0.15) is 5.56 Å². The van der Waals surface area contributed by atoms with Crippen LogP contribution in [-0.2, 0) is 0 Å². The molecule has 0 saturated carbocycles. The Morgan fingerprint density at radius 3 is 2.37 bits per heavy atom. The van der Waals surface area contributed by atoms with E-state index >= 15 is 0 Å². The number of hydrogen-bond acceptors (Lipinski definition) is 1. The van der Waals surface area contributed by atoms with Gasteiger partial charge in [-0.1, -0.05) is 24.3 Å². The molecule has 0 spiro atoms. The molecule has 0 amide bonds. The summed E-state index contributed by atoms with van der Waals surface area (Å²) in [6.45, 7) is 1.91. The Balaban J connectivity index is 2.21. The fraction of sp³-hybridized carbons (Fsp3) is 0.0625. The van der Waals surface area contributed by atoms with E-state index < -0.39 is 0 Å². The molecule has 0 radical (unpaired) electrons. The highest BCUT2D eigenvalue weighted by molar-refractivity contribution is 5.86. The Morgan fingerprint density at radius 1 is 0.947 bits per heavy atom. The molecule has 0 aliphatic heterocycles. The van der Waals surface area contributed by atoms with E-state index in [1.165, 1.54) is 12.1 Å². The minimum absolute atomic E-state index is 0.110. The lowest BCUT2D eigenvalue weighted by atomic mass is 10.0. The van der Waals surface area contributed by atoms with Gasteiger partial charge < -0.3 is 4.98 Å². The van der Waals surface area contributed by atoms with Crippen molar-refractivity contribution < 1.29 is 4.39 Å². The Kier molecular flexibility index (Phi) is 2.67. The number of hydrogen-bond donors (Lipinski definition) is 1. The largest absolute Gasteiger partial charge is 0.322 e. The Bertz CT molecular complexity index is 803. The van der Waals surface area contributed by atoms with Crippen LogP contribution in [-0.4, -0.2) is 4.98 Å². The number of aryl methyl sites for hydroxylation is 1. The second kappa shape index (κ2) is 4.35. The summed E-state index contributed by atoms with van der Waals surface area (Å²) in [6.07, 6.45) is 0. The molecule has 0 saturated heterocycles. The fourth-order valence-corrected chi connectivity index (χ4v) is 2.26. The molecule has 3 heteroatoms. The van der Waals surface area contributed by atoms with Gasteiger partial charge in [0.1, 0.15) is 5.82 Å². The predicted molar refractivity (Wildman–Crippen MR) is 74.7 cm³/mol. The van der Waals surface area contributed by atoms with Crippen LogP contribution in [0.4, 0.5) is 4.39 Å². The number of aromatic amines is 1. The summed E-state index contributed by atoms with van der Waals surface area (Å²) < 4.78 is 12.9. The number of H-pyrrole nitrogens is 1. The molecule has 3 aromatic rings. The zero-order chi connectivity index (χ0) is 13.4. The van der Waals surface area contributed by atoms with Crippen LogP contribution in [0.15, 0.2) is 53.3 Å². The molecule has 3 rings (SSSR count). The first kappa shape index (κ1) is 11.7. The van der Waals surface area contributed by atoms with E-state index in [4.69, 9.17) is 0 Å². The molecule has 0 bridgehead atoms. The van der Waals surface area contributed by atoms with Gasteiger partial charge in [0, 0.05) is 17.0 Å². The van der Waals surface area contributed by atoms with Gasteiger partial charge in [0.15, 0.2) is 0 Å². The van der Waals surface area contributed by atoms with Gasteiger partial charge in [-0.3, -0.25) is 4.79 Å². The summed E-state index contributed by atoms with van der Waals surface area (Å²) in [7, 11) is 0. The second-order valence-electron chi connectivity index (χ2n) is 4.58. The van der Waals surface area contributed by atoms with Gasteiger partial charge in [0.2, 0.25) is 5.56 Å². The van der Waals surface area contributed by atoms with Crippen LogP contribution in [0, 0.1) is 12.7 Å². The molecule has 1 aromatic heterocycles. The lowest BCUT2D eigenvalue weighted by Gasteiger charge is -2.06. The van der Waals surface area contributed by atoms with Crippen LogP contribution in [0.2, 0.25) is 0 Å². The SMILES string of the molecule is Cc1cc(=O)[nH]c2cc(-c3ccc(F)cc3)ccc12. The molecule has 0 aliphatic carbocycles. The highest BCUT2D eigenvalue weighted by atomic mass is 19.1. The van der Waals surface area contributed by atoms with E-state index in [-0.39, 0.29) is 11.4 Å². The molecular formula is C16H12FNO. The van der Waals surface area contributed by atoms with Crippen molar-refractivity contribution in [1.82, 2.24) is 4.98 Å². The van der Waals surface area contributed by atoms with E-state index in [1.54, 1.807) is 18.2 Å². The third kappa shape index (κ3) is 2.15. The van der Waals surface area contributed by atoms with Crippen molar-refractivity contribution >= 4 is 10.9 Å². The molecular weight excluding hydrogens is 241 g/mol. The highest BCUT2D eigenvalue weighted by Crippen LogP contribution is 2.24. The minimum Gasteiger partial charge on any atom is -0.322 e. The number of aromatic nitrogens is 1. The maximum atomic E-state index is 12.9. The molecule has 1 heterocycles. The smallest absolute Gasteiger partial charge is 0.248 e. The second-order valence-corrected chi connectivity index (χ2v) is 4.58. The summed E-state index contributed by atoms with van der Waals surface area (Å²) in [5, 5.41) is 1.02. The number of benzene rings is 2. The number of rotatable bonds is 1. The summed E-state index contributed by atoms with van der Waals surface area (Å²) in [5.74, 6) is -0.256. The number of halogens is 1. The normalized spacial score (nSPS) is 10.8. The first-order valence-electron chi connectivity index (χ1n) is 6.03. The third-order valence-corrected chi connectivity index (χ3v) is 3.23. The van der Waals surface area contributed by atoms with Crippen molar-refractivity contribution in [2.75, 3.05) is 0 Å². The van der Waals surface area contributed by atoms with Crippen molar-refractivity contribution in [1.29, 1.82) is 0 Å². The summed E-state index contributed by atoms with van der Waals surface area (Å²) in [5.41, 5.74) is 3.51. The van der Waals surface area contributed by atoms with Gasteiger partial charge in [-0.15, -0.1) is 0 Å². The molecule has 19 heavy (non-hydrogen) atoms. The van der Waals surface area contributed by atoms with Gasteiger partial charge >= 0.3 is 0 Å². The average Bonchev–Trinajstić information content (AvgIpc) is 2.38. The quantitative estimate of drug-likeness (QED) is 0.705. The molecule has 2 aromatic carbocycles. The van der Waals surface area contributed by atoms with Crippen molar-refractivity contribution in [3.8, 4) is 11.1 Å². The number of fused-ring (bicyclic) bond motifs is 1. The number of nitrogens with one attached hydrogen (secondary N) is 1. The maximum Gasteiger partial charge on any atom is 0.248 e. The van der Waals surface area contributed by atoms with Gasteiger partial charge in [0.05, 0.1) is 0 Å². The minimum atomic E-state index is -0.256. The van der Waals surface area contributed by atoms with Crippen molar-refractivity contribution in [3.63, 3.8) is 0 Å².